The maximum Gasteiger partial charge on any atom is 0.319 e. The van der Waals surface area contributed by atoms with Crippen LogP contribution in [0.1, 0.15) is 18.1 Å². The summed E-state index contributed by atoms with van der Waals surface area (Å²) in [6.45, 7) is 1.81. The van der Waals surface area contributed by atoms with Gasteiger partial charge in [0.1, 0.15) is 5.60 Å². The zero-order valence-electron chi connectivity index (χ0n) is 13.4. The molecule has 3 N–H and O–H groups in total. The zero-order chi connectivity index (χ0) is 16.7. The van der Waals surface area contributed by atoms with Gasteiger partial charge in [0.05, 0.1) is 6.54 Å². The van der Waals surface area contributed by atoms with Crippen molar-refractivity contribution in [1.29, 1.82) is 0 Å². The first kappa shape index (κ1) is 17.4. The fraction of sp³-hybridized carbons (Fsp3) is 0.278. The predicted molar refractivity (Wildman–Crippen MR) is 96.7 cm³/mol. The van der Waals surface area contributed by atoms with Crippen molar-refractivity contribution in [3.63, 3.8) is 0 Å². The Kier molecular flexibility index (Phi) is 6.07. The van der Waals surface area contributed by atoms with Crippen molar-refractivity contribution < 1.29 is 9.90 Å². The van der Waals surface area contributed by atoms with Gasteiger partial charge in [0.2, 0.25) is 0 Å². The van der Waals surface area contributed by atoms with E-state index in [0.717, 1.165) is 17.0 Å². The number of aliphatic hydroxyl groups is 1. The van der Waals surface area contributed by atoms with Crippen LogP contribution in [0.25, 0.3) is 0 Å². The molecule has 0 saturated heterocycles. The van der Waals surface area contributed by atoms with Crippen LogP contribution in [0.2, 0.25) is 0 Å². The zero-order valence-corrected chi connectivity index (χ0v) is 14.2. The second-order valence-corrected chi connectivity index (χ2v) is 6.44. The first-order valence-corrected chi connectivity index (χ1v) is 8.81. The van der Waals surface area contributed by atoms with Crippen LogP contribution >= 0.6 is 11.8 Å². The Hall–Kier alpha value is -1.98. The lowest BCUT2D eigenvalue weighted by atomic mass is 9.96. The molecule has 0 fully saturated rings. The van der Waals surface area contributed by atoms with Crippen LogP contribution < -0.4 is 10.6 Å². The number of hydrogen-bond acceptors (Lipinski definition) is 3. The Morgan fingerprint density at radius 1 is 1.13 bits per heavy atom. The van der Waals surface area contributed by atoms with Gasteiger partial charge in [-0.15, -0.1) is 0 Å². The molecule has 0 bridgehead atoms. The minimum absolute atomic E-state index is 0.132. The van der Waals surface area contributed by atoms with E-state index in [4.69, 9.17) is 0 Å². The summed E-state index contributed by atoms with van der Waals surface area (Å²) in [6.07, 6.45) is 2.05. The summed E-state index contributed by atoms with van der Waals surface area (Å²) in [6, 6.07) is 16.7. The summed E-state index contributed by atoms with van der Waals surface area (Å²) in [5.74, 6) is 0.951. The van der Waals surface area contributed by atoms with Crippen LogP contribution in [0.5, 0.6) is 0 Å². The highest BCUT2D eigenvalue weighted by Crippen LogP contribution is 2.19. The fourth-order valence-electron chi connectivity index (χ4n) is 2.18. The number of rotatable bonds is 6. The van der Waals surface area contributed by atoms with Crippen molar-refractivity contribution in [2.45, 2.75) is 18.3 Å². The lowest BCUT2D eigenvalue weighted by Crippen LogP contribution is -2.40. The highest BCUT2D eigenvalue weighted by atomic mass is 32.2. The fourth-order valence-corrected chi connectivity index (χ4v) is 2.70. The number of carbonyl (C=O) groups is 1. The van der Waals surface area contributed by atoms with Gasteiger partial charge >= 0.3 is 6.03 Å². The summed E-state index contributed by atoms with van der Waals surface area (Å²) in [4.78, 5) is 12.0. The SMILES string of the molecule is CSCc1ccc(NC(=O)NCC(C)(O)c2ccccc2)cc1. The number of benzene rings is 2. The summed E-state index contributed by atoms with van der Waals surface area (Å²) in [5.41, 5.74) is 1.60. The third-order valence-corrected chi connectivity index (χ3v) is 4.13. The maximum atomic E-state index is 12.0. The molecule has 23 heavy (non-hydrogen) atoms. The van der Waals surface area contributed by atoms with Crippen molar-refractivity contribution in [2.75, 3.05) is 18.1 Å². The van der Waals surface area contributed by atoms with Gasteiger partial charge in [0.25, 0.3) is 0 Å². The second kappa shape index (κ2) is 8.04. The first-order valence-electron chi connectivity index (χ1n) is 7.42. The van der Waals surface area contributed by atoms with Crippen molar-refractivity contribution in [3.05, 3.63) is 65.7 Å². The average molecular weight is 330 g/mol. The lowest BCUT2D eigenvalue weighted by Gasteiger charge is -2.24. The van der Waals surface area contributed by atoms with Crippen molar-refractivity contribution in [2.24, 2.45) is 0 Å². The Labute approximate surface area is 141 Å². The molecule has 2 amide bonds. The monoisotopic (exact) mass is 330 g/mol. The van der Waals surface area contributed by atoms with Crippen LogP contribution in [-0.4, -0.2) is 23.9 Å². The van der Waals surface area contributed by atoms with Gasteiger partial charge in [-0.3, -0.25) is 0 Å². The number of nitrogens with one attached hydrogen (secondary N) is 2. The van der Waals surface area contributed by atoms with Crippen LogP contribution in [0.3, 0.4) is 0 Å². The Balaban J connectivity index is 1.87. The molecular weight excluding hydrogens is 308 g/mol. The number of carbonyl (C=O) groups excluding carboxylic acids is 1. The van der Waals surface area contributed by atoms with Crippen LogP contribution in [0.4, 0.5) is 10.5 Å². The molecule has 0 heterocycles. The summed E-state index contributed by atoms with van der Waals surface area (Å²) >= 11 is 1.76. The average Bonchev–Trinajstić information content (AvgIpc) is 2.56. The molecule has 0 aliphatic rings. The molecule has 5 heteroatoms. The highest BCUT2D eigenvalue weighted by Gasteiger charge is 2.23. The van der Waals surface area contributed by atoms with E-state index in [-0.39, 0.29) is 12.6 Å². The molecule has 4 nitrogen and oxygen atoms in total. The molecule has 1 atom stereocenters. The van der Waals surface area contributed by atoms with Gasteiger partial charge in [-0.05, 0) is 36.4 Å². The van der Waals surface area contributed by atoms with Crippen molar-refractivity contribution in [3.8, 4) is 0 Å². The van der Waals surface area contributed by atoms with Gasteiger partial charge in [-0.2, -0.15) is 11.8 Å². The predicted octanol–water partition coefficient (Wildman–Crippen LogP) is 3.58. The Morgan fingerprint density at radius 3 is 2.39 bits per heavy atom. The molecule has 2 aromatic rings. The molecule has 0 aliphatic heterocycles. The summed E-state index contributed by atoms with van der Waals surface area (Å²) in [5, 5.41) is 15.9. The van der Waals surface area contributed by atoms with Gasteiger partial charge in [-0.25, -0.2) is 4.79 Å². The van der Waals surface area contributed by atoms with E-state index in [9.17, 15) is 9.90 Å². The van der Waals surface area contributed by atoms with Gasteiger partial charge in [0, 0.05) is 11.4 Å². The minimum Gasteiger partial charge on any atom is -0.384 e. The topological polar surface area (TPSA) is 61.4 Å². The van der Waals surface area contributed by atoms with Gasteiger partial charge in [-0.1, -0.05) is 42.5 Å². The van der Waals surface area contributed by atoms with E-state index in [1.807, 2.05) is 54.6 Å². The normalized spacial score (nSPS) is 13.2. The van der Waals surface area contributed by atoms with E-state index >= 15 is 0 Å². The molecule has 2 aromatic carbocycles. The number of amides is 2. The van der Waals surface area contributed by atoms with Crippen LogP contribution in [0, 0.1) is 0 Å². The van der Waals surface area contributed by atoms with E-state index in [1.54, 1.807) is 18.7 Å². The molecule has 1 unspecified atom stereocenters. The molecule has 122 valence electrons. The van der Waals surface area contributed by atoms with E-state index in [1.165, 1.54) is 5.56 Å². The van der Waals surface area contributed by atoms with Crippen LogP contribution in [-0.2, 0) is 11.4 Å². The third-order valence-electron chi connectivity index (χ3n) is 3.51. The first-order chi connectivity index (χ1) is 11.0. The molecule has 0 aromatic heterocycles. The van der Waals surface area contributed by atoms with Crippen molar-refractivity contribution in [1.82, 2.24) is 5.32 Å². The Morgan fingerprint density at radius 2 is 1.78 bits per heavy atom. The number of anilines is 1. The minimum atomic E-state index is -1.11. The van der Waals surface area contributed by atoms with E-state index in [2.05, 4.69) is 16.9 Å². The third kappa shape index (κ3) is 5.30. The maximum absolute atomic E-state index is 12.0. The number of thioether (sulfide) groups is 1. The Bertz CT molecular complexity index is 627. The molecule has 2 rings (SSSR count). The molecular formula is C18H22N2O2S. The lowest BCUT2D eigenvalue weighted by molar-refractivity contribution is 0.0599. The van der Waals surface area contributed by atoms with Gasteiger partial charge < -0.3 is 15.7 Å². The molecule has 0 spiro atoms. The van der Waals surface area contributed by atoms with E-state index < -0.39 is 5.60 Å². The number of urea groups is 1. The standard InChI is InChI=1S/C18H22N2O2S/c1-18(22,15-6-4-3-5-7-15)13-19-17(21)20-16-10-8-14(9-11-16)12-23-2/h3-11,22H,12-13H2,1-2H3,(H2,19,20,21). The molecule has 0 radical (unpaired) electrons. The van der Waals surface area contributed by atoms with Gasteiger partial charge in [0.15, 0.2) is 0 Å². The molecule has 0 aliphatic carbocycles. The quantitative estimate of drug-likeness (QED) is 0.759. The highest BCUT2D eigenvalue weighted by molar-refractivity contribution is 7.97. The van der Waals surface area contributed by atoms with Crippen molar-refractivity contribution >= 4 is 23.5 Å². The second-order valence-electron chi connectivity index (χ2n) is 5.58. The largest absolute Gasteiger partial charge is 0.384 e. The number of hydrogen-bond donors (Lipinski definition) is 3. The van der Waals surface area contributed by atoms with E-state index in [0.29, 0.717) is 0 Å². The summed E-state index contributed by atoms with van der Waals surface area (Å²) in [7, 11) is 0. The van der Waals surface area contributed by atoms with Crippen LogP contribution in [0.15, 0.2) is 54.6 Å². The summed E-state index contributed by atoms with van der Waals surface area (Å²) < 4.78 is 0. The smallest absolute Gasteiger partial charge is 0.319 e. The molecule has 0 saturated carbocycles.